The number of carboxylic acids is 2. The van der Waals surface area contributed by atoms with Gasteiger partial charge in [-0.2, -0.15) is 9.90 Å². The van der Waals surface area contributed by atoms with Crippen LogP contribution in [0.4, 0.5) is 5.82 Å². The number of aromatic nitrogens is 3. The van der Waals surface area contributed by atoms with E-state index in [9.17, 15) is 14.4 Å². The Morgan fingerprint density at radius 1 is 1.22 bits per heavy atom. The van der Waals surface area contributed by atoms with E-state index in [-0.39, 0.29) is 11.9 Å². The van der Waals surface area contributed by atoms with Crippen molar-refractivity contribution in [1.29, 1.82) is 0 Å². The van der Waals surface area contributed by atoms with Crippen molar-refractivity contribution in [2.24, 2.45) is 16.5 Å². The number of carbonyl (C=O) groups is 3. The van der Waals surface area contributed by atoms with Gasteiger partial charge < -0.3 is 27.0 Å². The molecule has 0 aromatic carbocycles. The van der Waals surface area contributed by atoms with E-state index in [1.54, 1.807) is 12.3 Å². The first-order chi connectivity index (χ1) is 12.7. The largest absolute Gasteiger partial charge is 0.478 e. The van der Waals surface area contributed by atoms with Gasteiger partial charge in [0, 0.05) is 18.6 Å². The molecule has 0 atom stereocenters. The van der Waals surface area contributed by atoms with Gasteiger partial charge in [-0.15, -0.1) is 11.7 Å². The molecule has 1 rings (SSSR count). The van der Waals surface area contributed by atoms with Crippen molar-refractivity contribution in [2.45, 2.75) is 25.8 Å². The highest BCUT2D eigenvalue weighted by Crippen LogP contribution is 2.01. The van der Waals surface area contributed by atoms with Crippen LogP contribution in [0.3, 0.4) is 0 Å². The van der Waals surface area contributed by atoms with E-state index in [2.05, 4.69) is 27.1 Å². The van der Waals surface area contributed by atoms with Gasteiger partial charge >= 0.3 is 11.9 Å². The molecule has 0 unspecified atom stereocenters. The Morgan fingerprint density at radius 2 is 1.85 bits per heavy atom. The molecule has 1 amide bonds. The molecule has 1 aromatic rings. The van der Waals surface area contributed by atoms with Crippen molar-refractivity contribution in [3.05, 3.63) is 31.0 Å². The lowest BCUT2D eigenvalue weighted by atomic mass is 10.2. The Balaban J connectivity index is 0.000000713. The van der Waals surface area contributed by atoms with E-state index in [4.69, 9.17) is 21.7 Å². The average molecular weight is 381 g/mol. The number of unbranched alkanes of at least 4 members (excludes halogenated alkanes) is 1. The molecule has 12 nitrogen and oxygen atoms in total. The summed E-state index contributed by atoms with van der Waals surface area (Å²) in [4.78, 5) is 35.2. The Hall–Kier alpha value is -3.70. The van der Waals surface area contributed by atoms with Gasteiger partial charge in [0.2, 0.25) is 5.91 Å². The fraction of sp³-hybridized carbons (Fsp3) is 0.333. The first kappa shape index (κ1) is 23.3. The molecule has 0 spiro atoms. The van der Waals surface area contributed by atoms with Crippen LogP contribution < -0.4 is 16.8 Å². The molecule has 148 valence electrons. The van der Waals surface area contributed by atoms with Crippen LogP contribution in [-0.2, 0) is 20.9 Å². The van der Waals surface area contributed by atoms with Gasteiger partial charge in [-0.3, -0.25) is 4.79 Å². The van der Waals surface area contributed by atoms with Crippen LogP contribution in [0.1, 0.15) is 19.3 Å². The predicted molar refractivity (Wildman–Crippen MR) is 97.8 cm³/mol. The predicted octanol–water partition coefficient (Wildman–Crippen LogP) is -0.442. The summed E-state index contributed by atoms with van der Waals surface area (Å²) in [6.45, 7) is 4.61. The van der Waals surface area contributed by atoms with Crippen molar-refractivity contribution in [2.75, 3.05) is 11.9 Å². The number of carboxylic acid groups (broad SMARTS) is 2. The van der Waals surface area contributed by atoms with Crippen LogP contribution in [-0.4, -0.2) is 55.6 Å². The number of anilines is 1. The molecule has 0 aliphatic heterocycles. The van der Waals surface area contributed by atoms with E-state index in [1.165, 1.54) is 4.80 Å². The molecule has 12 heteroatoms. The van der Waals surface area contributed by atoms with Gasteiger partial charge in [-0.05, 0) is 12.8 Å². The van der Waals surface area contributed by atoms with Gasteiger partial charge in [0.15, 0.2) is 11.8 Å². The van der Waals surface area contributed by atoms with E-state index in [0.29, 0.717) is 37.5 Å². The molecule has 0 radical (unpaired) electrons. The Morgan fingerprint density at radius 3 is 2.37 bits per heavy atom. The van der Waals surface area contributed by atoms with Crippen LogP contribution >= 0.6 is 0 Å². The van der Waals surface area contributed by atoms with E-state index in [0.717, 1.165) is 12.8 Å². The van der Waals surface area contributed by atoms with Crippen LogP contribution in [0.2, 0.25) is 0 Å². The topological polar surface area (TPSA) is 199 Å². The summed E-state index contributed by atoms with van der Waals surface area (Å²) < 4.78 is 0. The SMILES string of the molecule is C=CCN=C(N)Nc1cnn(CCCCC(N)=O)n1.O=C(O)C=CC(=O)O. The average Bonchev–Trinajstić information content (AvgIpc) is 3.02. The number of nitrogens with two attached hydrogens (primary N) is 2. The zero-order valence-corrected chi connectivity index (χ0v) is 14.6. The van der Waals surface area contributed by atoms with Crippen molar-refractivity contribution < 1.29 is 24.6 Å². The number of nitrogens with zero attached hydrogens (tertiary/aromatic N) is 4. The normalized spacial score (nSPS) is 10.7. The fourth-order valence-electron chi connectivity index (χ4n) is 1.49. The minimum atomic E-state index is -1.26. The van der Waals surface area contributed by atoms with Crippen molar-refractivity contribution in [3.8, 4) is 0 Å². The quantitative estimate of drug-likeness (QED) is 0.117. The number of hydrogen-bond acceptors (Lipinski definition) is 6. The number of aliphatic imine (C=N–C) groups is 1. The number of amides is 1. The van der Waals surface area contributed by atoms with E-state index >= 15 is 0 Å². The lowest BCUT2D eigenvalue weighted by molar-refractivity contribution is -0.134. The minimum Gasteiger partial charge on any atom is -0.478 e. The maximum atomic E-state index is 10.6. The molecular formula is C15H23N7O5. The second kappa shape index (κ2) is 13.6. The molecule has 27 heavy (non-hydrogen) atoms. The second-order valence-electron chi connectivity index (χ2n) is 4.90. The highest BCUT2D eigenvalue weighted by atomic mass is 16.4. The Labute approximate surface area is 155 Å². The number of hydrogen-bond donors (Lipinski definition) is 5. The maximum Gasteiger partial charge on any atom is 0.328 e. The van der Waals surface area contributed by atoms with Gasteiger partial charge in [0.05, 0.1) is 19.3 Å². The van der Waals surface area contributed by atoms with Crippen LogP contribution in [0.15, 0.2) is 36.0 Å². The smallest absolute Gasteiger partial charge is 0.328 e. The standard InChI is InChI=1S/C11H19N7O.C4H4O4/c1-2-6-14-11(13)16-10-8-15-18(17-10)7-4-3-5-9(12)19;5-3(6)1-2-4(7)8/h2,8H,1,3-7H2,(H2,12,19)(H3,13,14,16,17);1-2H,(H,5,6)(H,7,8). The molecule has 0 aliphatic carbocycles. The van der Waals surface area contributed by atoms with Gasteiger partial charge in [0.25, 0.3) is 0 Å². The third-order valence-electron chi connectivity index (χ3n) is 2.58. The molecule has 0 bridgehead atoms. The van der Waals surface area contributed by atoms with Crippen molar-refractivity contribution >= 4 is 29.6 Å². The Kier molecular flexibility index (Phi) is 11.7. The van der Waals surface area contributed by atoms with E-state index in [1.807, 2.05) is 0 Å². The second-order valence-corrected chi connectivity index (χ2v) is 4.90. The third-order valence-corrected chi connectivity index (χ3v) is 2.58. The summed E-state index contributed by atoms with van der Waals surface area (Å²) >= 11 is 0. The van der Waals surface area contributed by atoms with Gasteiger partial charge in [0.1, 0.15) is 0 Å². The molecule has 0 aliphatic rings. The number of rotatable bonds is 10. The highest BCUT2D eigenvalue weighted by Gasteiger charge is 2.02. The summed E-state index contributed by atoms with van der Waals surface area (Å²) in [5.74, 6) is -2.01. The minimum absolute atomic E-state index is 0.265. The van der Waals surface area contributed by atoms with Crippen LogP contribution in [0.5, 0.6) is 0 Å². The Bertz CT molecular complexity index is 680. The summed E-state index contributed by atoms with van der Waals surface area (Å²) in [6.07, 6.45) is 6.21. The van der Waals surface area contributed by atoms with Crippen LogP contribution in [0, 0.1) is 0 Å². The molecule has 1 heterocycles. The molecule has 0 saturated carbocycles. The van der Waals surface area contributed by atoms with Gasteiger partial charge in [-0.1, -0.05) is 6.08 Å². The molecular weight excluding hydrogens is 358 g/mol. The first-order valence-electron chi connectivity index (χ1n) is 7.74. The molecule has 0 saturated heterocycles. The van der Waals surface area contributed by atoms with Crippen molar-refractivity contribution in [3.63, 3.8) is 0 Å². The maximum absolute atomic E-state index is 10.6. The van der Waals surface area contributed by atoms with Gasteiger partial charge in [-0.25, -0.2) is 14.6 Å². The lowest BCUT2D eigenvalue weighted by Crippen LogP contribution is -2.23. The van der Waals surface area contributed by atoms with Crippen LogP contribution in [0.25, 0.3) is 0 Å². The number of aliphatic carboxylic acids is 2. The number of nitrogens with one attached hydrogen (secondary N) is 1. The zero-order chi connectivity index (χ0) is 20.7. The van der Waals surface area contributed by atoms with E-state index < -0.39 is 11.9 Å². The summed E-state index contributed by atoms with van der Waals surface area (Å²) in [5, 5.41) is 26.7. The number of carbonyl (C=O) groups excluding carboxylic acids is 1. The zero-order valence-electron chi connectivity index (χ0n) is 14.6. The van der Waals surface area contributed by atoms with Crippen molar-refractivity contribution in [1.82, 2.24) is 15.0 Å². The third kappa shape index (κ3) is 14.4. The number of guanidine groups is 1. The molecule has 7 N–H and O–H groups in total. The summed E-state index contributed by atoms with van der Waals surface area (Å²) in [6, 6.07) is 0. The molecule has 0 fully saturated rings. The fourth-order valence-corrected chi connectivity index (χ4v) is 1.49. The lowest BCUT2D eigenvalue weighted by Gasteiger charge is -2.00. The monoisotopic (exact) mass is 381 g/mol. The molecule has 1 aromatic heterocycles. The first-order valence-corrected chi connectivity index (χ1v) is 7.74. The summed E-state index contributed by atoms with van der Waals surface area (Å²) in [7, 11) is 0. The number of primary amides is 1. The summed E-state index contributed by atoms with van der Waals surface area (Å²) in [5.41, 5.74) is 10.7. The highest BCUT2D eigenvalue weighted by molar-refractivity contribution is 5.91. The number of aryl methyl sites for hydroxylation is 1.